The Balaban J connectivity index is 1.64. The molecule has 14 heteroatoms. The molecule has 0 unspecified atom stereocenters. The van der Waals surface area contributed by atoms with Crippen molar-refractivity contribution >= 4 is 35.2 Å². The first-order chi connectivity index (χ1) is 15.9. The van der Waals surface area contributed by atoms with Gasteiger partial charge in [-0.05, 0) is 21.9 Å². The van der Waals surface area contributed by atoms with Crippen LogP contribution in [0.15, 0.2) is 58.3 Å². The monoisotopic (exact) mass is 467 g/mol. The van der Waals surface area contributed by atoms with Crippen LogP contribution in [0.25, 0.3) is 5.82 Å². The minimum absolute atomic E-state index is 0.0398. The quantitative estimate of drug-likeness (QED) is 0.234. The summed E-state index contributed by atoms with van der Waals surface area (Å²) < 4.78 is 5.82. The van der Waals surface area contributed by atoms with E-state index in [2.05, 4.69) is 35.8 Å². The third-order valence-electron chi connectivity index (χ3n) is 4.47. The first-order valence-electron chi connectivity index (χ1n) is 9.28. The van der Waals surface area contributed by atoms with E-state index in [1.165, 1.54) is 23.0 Å². The number of carbonyl (C=O) groups excluding carboxylic acids is 1. The SMILES string of the molecule is Nc1nonc1-n1nnc(C(=O)N/N=C/c2ccccc2Cl)c1Cc1ccc([N+](=O)[O-])cc1. The number of nitrogens with zero attached hydrogens (tertiary/aromatic N) is 7. The lowest BCUT2D eigenvalue weighted by Crippen LogP contribution is -2.20. The molecule has 0 bridgehead atoms. The van der Waals surface area contributed by atoms with Gasteiger partial charge >= 0.3 is 0 Å². The molecule has 0 aliphatic rings. The molecule has 0 spiro atoms. The molecule has 0 aliphatic carbocycles. The van der Waals surface area contributed by atoms with Crippen molar-refractivity contribution in [3.63, 3.8) is 0 Å². The molecule has 2 heterocycles. The van der Waals surface area contributed by atoms with Gasteiger partial charge in [0.05, 0.1) is 16.8 Å². The molecular weight excluding hydrogens is 454 g/mol. The number of hydrazone groups is 1. The number of benzene rings is 2. The van der Waals surface area contributed by atoms with E-state index in [9.17, 15) is 14.9 Å². The molecule has 166 valence electrons. The Morgan fingerprint density at radius 2 is 2.00 bits per heavy atom. The Kier molecular flexibility index (Phi) is 6.04. The number of aromatic nitrogens is 5. The molecule has 0 saturated heterocycles. The number of nitrogens with one attached hydrogen (secondary N) is 1. The molecule has 1 amide bonds. The topological polar surface area (TPSA) is 180 Å². The van der Waals surface area contributed by atoms with Crippen molar-refractivity contribution in [2.24, 2.45) is 5.10 Å². The summed E-state index contributed by atoms with van der Waals surface area (Å²) in [5.41, 5.74) is 9.55. The highest BCUT2D eigenvalue weighted by Gasteiger charge is 2.24. The molecule has 3 N–H and O–H groups in total. The minimum Gasteiger partial charge on any atom is -0.378 e. The van der Waals surface area contributed by atoms with Crippen LogP contribution >= 0.6 is 11.6 Å². The Bertz CT molecular complexity index is 1350. The molecular formula is C19H14ClN9O4. The average molecular weight is 468 g/mol. The van der Waals surface area contributed by atoms with Crippen molar-refractivity contribution in [1.29, 1.82) is 0 Å². The molecule has 4 rings (SSSR count). The summed E-state index contributed by atoms with van der Waals surface area (Å²) in [5.74, 6) is -0.678. The van der Waals surface area contributed by atoms with Gasteiger partial charge in [0.25, 0.3) is 11.6 Å². The van der Waals surface area contributed by atoms with Crippen molar-refractivity contribution < 1.29 is 14.3 Å². The smallest absolute Gasteiger partial charge is 0.293 e. The predicted octanol–water partition coefficient (Wildman–Crippen LogP) is 2.15. The van der Waals surface area contributed by atoms with Gasteiger partial charge in [0.1, 0.15) is 0 Å². The van der Waals surface area contributed by atoms with E-state index in [4.69, 9.17) is 17.3 Å². The van der Waals surface area contributed by atoms with Gasteiger partial charge < -0.3 is 5.73 Å². The fourth-order valence-corrected chi connectivity index (χ4v) is 3.05. The van der Waals surface area contributed by atoms with Crippen LogP contribution in [0.5, 0.6) is 0 Å². The number of rotatable bonds is 7. The molecule has 0 saturated carbocycles. The van der Waals surface area contributed by atoms with E-state index < -0.39 is 10.8 Å². The Morgan fingerprint density at radius 3 is 2.67 bits per heavy atom. The maximum Gasteiger partial charge on any atom is 0.293 e. The van der Waals surface area contributed by atoms with Crippen molar-refractivity contribution in [2.45, 2.75) is 6.42 Å². The average Bonchev–Trinajstić information content (AvgIpc) is 3.41. The molecule has 0 atom stereocenters. The highest BCUT2D eigenvalue weighted by Crippen LogP contribution is 2.21. The van der Waals surface area contributed by atoms with Gasteiger partial charge in [-0.15, -0.1) is 5.10 Å². The number of nitro groups is 1. The zero-order valence-electron chi connectivity index (χ0n) is 16.6. The van der Waals surface area contributed by atoms with Gasteiger partial charge in [0.15, 0.2) is 5.69 Å². The van der Waals surface area contributed by atoms with Gasteiger partial charge in [-0.2, -0.15) is 9.78 Å². The number of nitrogen functional groups attached to an aromatic ring is 1. The van der Waals surface area contributed by atoms with E-state index in [0.717, 1.165) is 0 Å². The second kappa shape index (κ2) is 9.23. The summed E-state index contributed by atoms with van der Waals surface area (Å²) in [7, 11) is 0. The second-order valence-corrected chi connectivity index (χ2v) is 7.00. The van der Waals surface area contributed by atoms with E-state index >= 15 is 0 Å². The maximum absolute atomic E-state index is 12.8. The van der Waals surface area contributed by atoms with Crippen LogP contribution in [0.2, 0.25) is 5.02 Å². The van der Waals surface area contributed by atoms with Gasteiger partial charge in [-0.25, -0.2) is 10.1 Å². The van der Waals surface area contributed by atoms with Crippen LogP contribution in [-0.2, 0) is 6.42 Å². The number of hydrogen-bond donors (Lipinski definition) is 2. The number of nitrogens with two attached hydrogens (primary N) is 1. The number of hydrogen-bond acceptors (Lipinski definition) is 10. The number of non-ortho nitro benzene ring substituents is 1. The van der Waals surface area contributed by atoms with Crippen LogP contribution in [-0.4, -0.2) is 42.4 Å². The molecule has 0 radical (unpaired) electrons. The molecule has 0 aliphatic heterocycles. The lowest BCUT2D eigenvalue weighted by Gasteiger charge is -2.06. The number of amides is 1. The zero-order valence-corrected chi connectivity index (χ0v) is 17.4. The normalized spacial score (nSPS) is 11.1. The predicted molar refractivity (Wildman–Crippen MR) is 116 cm³/mol. The third-order valence-corrected chi connectivity index (χ3v) is 4.81. The highest BCUT2D eigenvalue weighted by atomic mass is 35.5. The van der Waals surface area contributed by atoms with E-state index in [-0.39, 0.29) is 35.1 Å². The van der Waals surface area contributed by atoms with Crippen molar-refractivity contribution in [1.82, 2.24) is 30.7 Å². The number of anilines is 1. The summed E-state index contributed by atoms with van der Waals surface area (Å²) in [5, 5.41) is 30.4. The van der Waals surface area contributed by atoms with Crippen LogP contribution in [0, 0.1) is 10.1 Å². The van der Waals surface area contributed by atoms with Crippen molar-refractivity contribution in [3.8, 4) is 5.82 Å². The van der Waals surface area contributed by atoms with Crippen molar-refractivity contribution in [2.75, 3.05) is 5.73 Å². The molecule has 2 aromatic carbocycles. The number of halogens is 1. The van der Waals surface area contributed by atoms with Gasteiger partial charge in [-0.1, -0.05) is 47.1 Å². The fraction of sp³-hybridized carbons (Fsp3) is 0.0526. The number of carbonyl (C=O) groups is 1. The summed E-state index contributed by atoms with van der Waals surface area (Å²) >= 11 is 6.07. The third kappa shape index (κ3) is 4.67. The fourth-order valence-electron chi connectivity index (χ4n) is 2.87. The maximum atomic E-state index is 12.8. The second-order valence-electron chi connectivity index (χ2n) is 6.59. The Hall–Kier alpha value is -4.65. The Labute approximate surface area is 190 Å². The lowest BCUT2D eigenvalue weighted by atomic mass is 10.1. The first-order valence-corrected chi connectivity index (χ1v) is 9.66. The zero-order chi connectivity index (χ0) is 23.4. The van der Waals surface area contributed by atoms with E-state index in [0.29, 0.717) is 16.1 Å². The van der Waals surface area contributed by atoms with Crippen molar-refractivity contribution in [3.05, 3.63) is 86.2 Å². The molecule has 2 aromatic heterocycles. The summed E-state index contributed by atoms with van der Waals surface area (Å²) in [4.78, 5) is 23.2. The van der Waals surface area contributed by atoms with Gasteiger partial charge in [0.2, 0.25) is 11.6 Å². The van der Waals surface area contributed by atoms with Crippen LogP contribution < -0.4 is 11.2 Å². The molecule has 4 aromatic rings. The standard InChI is InChI=1S/C19H14ClN9O4/c20-14-4-2-1-3-12(14)10-22-24-19(30)16-15(9-11-5-7-13(8-6-11)29(31)32)28(27-23-16)18-17(21)25-33-26-18/h1-8,10H,9H2,(H2,21,25)(H,24,30)/b22-10+. The summed E-state index contributed by atoms with van der Waals surface area (Å²) in [6.45, 7) is 0. The summed E-state index contributed by atoms with van der Waals surface area (Å²) in [6, 6.07) is 12.8. The first kappa shape index (κ1) is 21.6. The number of nitro benzene ring substituents is 1. The van der Waals surface area contributed by atoms with E-state index in [1.54, 1.807) is 36.4 Å². The van der Waals surface area contributed by atoms with Crippen LogP contribution in [0.3, 0.4) is 0 Å². The van der Waals surface area contributed by atoms with Crippen LogP contribution in [0.4, 0.5) is 11.5 Å². The lowest BCUT2D eigenvalue weighted by molar-refractivity contribution is -0.384. The highest BCUT2D eigenvalue weighted by molar-refractivity contribution is 6.33. The molecule has 13 nitrogen and oxygen atoms in total. The van der Waals surface area contributed by atoms with Crippen LogP contribution in [0.1, 0.15) is 27.3 Å². The van der Waals surface area contributed by atoms with Gasteiger partial charge in [0, 0.05) is 29.1 Å². The molecule has 33 heavy (non-hydrogen) atoms. The molecule has 0 fully saturated rings. The largest absolute Gasteiger partial charge is 0.378 e. The minimum atomic E-state index is -0.656. The summed E-state index contributed by atoms with van der Waals surface area (Å²) in [6.07, 6.45) is 1.51. The van der Waals surface area contributed by atoms with E-state index in [1.807, 2.05) is 0 Å². The van der Waals surface area contributed by atoms with Gasteiger partial charge in [-0.3, -0.25) is 14.9 Å². The Morgan fingerprint density at radius 1 is 1.24 bits per heavy atom.